The maximum atomic E-state index is 12.7. The van der Waals surface area contributed by atoms with Gasteiger partial charge >= 0.3 is 32.5 Å². The monoisotopic (exact) mass is 1430 g/mol. The largest absolute Gasteiger partial charge is 3.00 e. The number of nitrogens with zero attached hydrogens (tertiary/aromatic N) is 14. The van der Waals surface area contributed by atoms with Gasteiger partial charge in [-0.05, 0) is 97.5 Å². The van der Waals surface area contributed by atoms with E-state index in [1.165, 1.54) is 24.3 Å². The van der Waals surface area contributed by atoms with Crippen LogP contribution < -0.4 is 20.0 Å². The minimum atomic E-state index is -4.53. The van der Waals surface area contributed by atoms with Crippen LogP contribution in [0.15, 0.2) is 128 Å². The Morgan fingerprint density at radius 2 is 1.00 bits per heavy atom. The van der Waals surface area contributed by atoms with Crippen LogP contribution in [-0.4, -0.2) is 64.0 Å². The summed E-state index contributed by atoms with van der Waals surface area (Å²) in [6.45, 7) is 15.9. The van der Waals surface area contributed by atoms with Crippen molar-refractivity contribution in [3.8, 4) is 45.6 Å². The van der Waals surface area contributed by atoms with E-state index in [0.717, 1.165) is 29.1 Å². The normalized spacial score (nSPS) is 13.1. The third-order valence-corrected chi connectivity index (χ3v) is 10.6. The van der Waals surface area contributed by atoms with Crippen LogP contribution in [0.25, 0.3) is 45.6 Å². The van der Waals surface area contributed by atoms with Crippen molar-refractivity contribution >= 4 is 11.4 Å². The molecule has 24 heteroatoms. The molecular weight excluding hydrogens is 1380 g/mol. The first-order chi connectivity index (χ1) is 35.8. The topological polar surface area (TPSA) is 144 Å². The maximum Gasteiger partial charge on any atom is 3.00 e. The fraction of sp³-hybridized carbons (Fsp3) is 0.222. The molecule has 0 saturated heterocycles. The Labute approximate surface area is 472 Å². The van der Waals surface area contributed by atoms with Gasteiger partial charge in [0.2, 0.25) is 0 Å². The van der Waals surface area contributed by atoms with Gasteiger partial charge in [-0.3, -0.25) is 13.8 Å². The van der Waals surface area contributed by atoms with Crippen molar-refractivity contribution in [3.05, 3.63) is 194 Å². The second kappa shape index (κ2) is 25.9. The van der Waals surface area contributed by atoms with Crippen molar-refractivity contribution in [2.75, 3.05) is 23.9 Å². The summed E-state index contributed by atoms with van der Waals surface area (Å²) in [6.07, 6.45) is 6.46. The summed E-state index contributed by atoms with van der Waals surface area (Å²) >= 11 is 0. The van der Waals surface area contributed by atoms with Crippen molar-refractivity contribution in [2.45, 2.75) is 64.7 Å². The summed E-state index contributed by atoms with van der Waals surface area (Å²) in [4.78, 5) is 33.3. The SMILES string of the molecule is CC(C)(C)c1cnc(-c2cccc(-c3cc(C(F)(F)F)n[n-]3)n2)nc1.CC(C)(C)c1n[c-]c(-c2cccc(-c3cc(C(F)(F)F)n[n-]3)n2)cn1.CN1C=CN(c2[c-]cc(F)cc2)[CH-]1.CN1C=CN(c2[c-]cc(F)cc2)[CH-]1.[Ir+3].[Ir]. The molecule has 6 aromatic heterocycles. The van der Waals surface area contributed by atoms with Gasteiger partial charge in [0.05, 0.1) is 5.69 Å². The van der Waals surface area contributed by atoms with Gasteiger partial charge in [-0.2, -0.15) is 51.8 Å². The molecule has 2 aromatic carbocycles. The van der Waals surface area contributed by atoms with Gasteiger partial charge in [-0.15, -0.1) is 47.8 Å². The molecule has 0 spiro atoms. The number of benzene rings is 2. The zero-order valence-corrected chi connectivity index (χ0v) is 47.5. The Balaban J connectivity index is 0.000000198. The Hall–Kier alpha value is -7.26. The number of hydrogen-bond donors (Lipinski definition) is 0. The van der Waals surface area contributed by atoms with Gasteiger partial charge < -0.3 is 50.0 Å². The molecule has 411 valence electrons. The van der Waals surface area contributed by atoms with Gasteiger partial charge in [0.25, 0.3) is 0 Å². The molecule has 0 aliphatic carbocycles. The Morgan fingerprint density at radius 3 is 1.36 bits per heavy atom. The van der Waals surface area contributed by atoms with E-state index in [1.54, 1.807) is 67.1 Å². The molecule has 0 saturated carbocycles. The smallest absolute Gasteiger partial charge is 0.573 e. The second-order valence-corrected chi connectivity index (χ2v) is 18.8. The zero-order chi connectivity index (χ0) is 55.0. The van der Waals surface area contributed by atoms with Crippen LogP contribution in [0, 0.1) is 43.3 Å². The number of pyridine rings is 2. The van der Waals surface area contributed by atoms with Crippen LogP contribution in [0.1, 0.15) is 64.3 Å². The predicted octanol–water partition coefficient (Wildman–Crippen LogP) is 11.5. The summed E-state index contributed by atoms with van der Waals surface area (Å²) in [5.41, 5.74) is 2.46. The number of aromatic nitrogens is 10. The molecule has 8 aromatic rings. The average molecular weight is 1430 g/mol. The molecule has 2 aliphatic heterocycles. The fourth-order valence-corrected chi connectivity index (χ4v) is 6.48. The molecule has 8 heterocycles. The summed E-state index contributed by atoms with van der Waals surface area (Å²) in [5.74, 6) is 0.509. The van der Waals surface area contributed by atoms with E-state index >= 15 is 0 Å². The molecule has 1 radical (unpaired) electrons. The van der Waals surface area contributed by atoms with Crippen LogP contribution in [0.2, 0.25) is 0 Å². The molecule has 2 aliphatic rings. The van der Waals surface area contributed by atoms with E-state index in [2.05, 4.69) is 89.4 Å². The van der Waals surface area contributed by atoms with Gasteiger partial charge in [-0.25, -0.2) is 15.0 Å². The molecule has 10 rings (SSSR count). The fourth-order valence-electron chi connectivity index (χ4n) is 6.48. The quantitative estimate of drug-likeness (QED) is 0.115. The Kier molecular flexibility index (Phi) is 20.5. The van der Waals surface area contributed by atoms with E-state index in [-0.39, 0.29) is 85.5 Å². The van der Waals surface area contributed by atoms with Crippen molar-refractivity contribution in [1.82, 2.24) is 60.1 Å². The summed E-state index contributed by atoms with van der Waals surface area (Å²) in [7, 11) is 3.86. The van der Waals surface area contributed by atoms with Crippen LogP contribution >= 0.6 is 0 Å². The van der Waals surface area contributed by atoms with Crippen LogP contribution in [0.4, 0.5) is 46.5 Å². The molecule has 0 N–H and O–H groups in total. The first kappa shape index (κ1) is 61.6. The van der Waals surface area contributed by atoms with E-state index in [1.807, 2.05) is 92.6 Å². The van der Waals surface area contributed by atoms with Crippen LogP contribution in [0.3, 0.4) is 0 Å². The van der Waals surface area contributed by atoms with Crippen molar-refractivity contribution in [2.24, 2.45) is 0 Å². The van der Waals surface area contributed by atoms with E-state index in [0.29, 0.717) is 28.6 Å². The van der Waals surface area contributed by atoms with Crippen molar-refractivity contribution in [1.29, 1.82) is 0 Å². The number of alkyl halides is 6. The van der Waals surface area contributed by atoms with E-state index < -0.39 is 23.7 Å². The van der Waals surface area contributed by atoms with Crippen LogP contribution in [0.5, 0.6) is 0 Å². The zero-order valence-electron chi connectivity index (χ0n) is 42.7. The molecule has 0 bridgehead atoms. The Morgan fingerprint density at radius 1 is 0.551 bits per heavy atom. The first-order valence-corrected chi connectivity index (χ1v) is 22.9. The average Bonchev–Trinajstić information content (AvgIpc) is 4.25. The van der Waals surface area contributed by atoms with Gasteiger partial charge in [0, 0.05) is 55.7 Å². The number of hydrogen-bond acceptors (Lipinski definition) is 12. The molecular formula is C54H47F8Ir2N14-4. The third-order valence-electron chi connectivity index (χ3n) is 10.6. The molecule has 0 atom stereocenters. The summed E-state index contributed by atoms with van der Waals surface area (Å²) in [6, 6.07) is 26.2. The van der Waals surface area contributed by atoms with Gasteiger partial charge in [-0.1, -0.05) is 82.9 Å². The molecule has 0 amide bonds. The summed E-state index contributed by atoms with van der Waals surface area (Å²) in [5, 5.41) is 13.4. The molecule has 0 unspecified atom stereocenters. The molecule has 78 heavy (non-hydrogen) atoms. The Bertz CT molecular complexity index is 3010. The minimum absolute atomic E-state index is 0. The predicted molar refractivity (Wildman–Crippen MR) is 268 cm³/mol. The minimum Gasteiger partial charge on any atom is -0.573 e. The van der Waals surface area contributed by atoms with Gasteiger partial charge in [0.1, 0.15) is 17.1 Å². The van der Waals surface area contributed by atoms with Crippen molar-refractivity contribution in [3.63, 3.8) is 0 Å². The molecule has 14 nitrogen and oxygen atoms in total. The van der Waals surface area contributed by atoms with E-state index in [4.69, 9.17) is 0 Å². The van der Waals surface area contributed by atoms with Gasteiger partial charge in [0.15, 0.2) is 5.82 Å². The molecule has 0 fully saturated rings. The first-order valence-electron chi connectivity index (χ1n) is 22.9. The van der Waals surface area contributed by atoms with Crippen molar-refractivity contribution < 1.29 is 75.3 Å². The second-order valence-electron chi connectivity index (χ2n) is 18.8. The number of anilines is 2. The number of rotatable bonds is 6. The van der Waals surface area contributed by atoms with Crippen LogP contribution in [-0.2, 0) is 63.4 Å². The third kappa shape index (κ3) is 16.9. The maximum absolute atomic E-state index is 12.7. The van der Waals surface area contributed by atoms with E-state index in [9.17, 15) is 35.1 Å². The standard InChI is InChI=1S/C17H15F3N5.C17H14F3N5.2C10H9FN2.2Ir/c1-16(2,3)10-8-21-15(22-9-10)12-6-4-5-11(23-12)13-7-14(25-24-13)17(18,19)20;1-16(2,3)15-21-8-10(9-22-15)11-5-4-6-12(23-11)13-7-14(25-24-13)17(18,19)20;2*1-12-6-7-13(8-12)10-4-2-9(11)3-5-10;;/h4-9H,1-3H3;4-8H,1-3H3;2*2-4,6-8H,1H3;;/q-1;3*-2;;+3. The number of halogens is 8. The summed E-state index contributed by atoms with van der Waals surface area (Å²) < 4.78 is 101.